The molecule has 1 saturated heterocycles. The molecule has 6 nitrogen and oxygen atoms in total. The Bertz CT molecular complexity index is 1020. The summed E-state index contributed by atoms with van der Waals surface area (Å²) < 4.78 is 11.4. The van der Waals surface area contributed by atoms with Gasteiger partial charge in [-0.2, -0.15) is 0 Å². The molecule has 1 fully saturated rings. The number of methoxy groups -OCH3 is 1. The molecule has 1 atom stereocenters. The summed E-state index contributed by atoms with van der Waals surface area (Å²) in [5.41, 5.74) is 2.52. The second kappa shape index (κ2) is 10.9. The minimum atomic E-state index is -0.108. The van der Waals surface area contributed by atoms with Crippen LogP contribution in [0.15, 0.2) is 42.5 Å². The zero-order valence-electron chi connectivity index (χ0n) is 20.4. The molecule has 1 spiro atoms. The Morgan fingerprint density at radius 3 is 2.79 bits per heavy atom. The van der Waals surface area contributed by atoms with Gasteiger partial charge in [-0.05, 0) is 50.8 Å². The molecule has 4 rings (SSSR count). The van der Waals surface area contributed by atoms with Crippen LogP contribution in [0.2, 0.25) is 0 Å². The fourth-order valence-electron chi connectivity index (χ4n) is 5.28. The van der Waals surface area contributed by atoms with E-state index < -0.39 is 0 Å². The van der Waals surface area contributed by atoms with Gasteiger partial charge in [0.1, 0.15) is 11.5 Å². The van der Waals surface area contributed by atoms with Crippen LogP contribution in [0.1, 0.15) is 60.0 Å². The minimum Gasteiger partial charge on any atom is -0.496 e. The van der Waals surface area contributed by atoms with Gasteiger partial charge < -0.3 is 19.7 Å². The summed E-state index contributed by atoms with van der Waals surface area (Å²) in [7, 11) is 1.64. The molecule has 1 unspecified atom stereocenters. The van der Waals surface area contributed by atoms with E-state index in [2.05, 4.69) is 5.32 Å². The predicted octanol–water partition coefficient (Wildman–Crippen LogP) is 4.54. The van der Waals surface area contributed by atoms with Crippen molar-refractivity contribution in [1.82, 2.24) is 10.2 Å². The summed E-state index contributed by atoms with van der Waals surface area (Å²) in [6.07, 6.45) is 6.39. The van der Waals surface area contributed by atoms with Crippen molar-refractivity contribution in [3.05, 3.63) is 59.2 Å². The van der Waals surface area contributed by atoms with Crippen molar-refractivity contribution in [2.24, 2.45) is 5.41 Å². The lowest BCUT2D eigenvalue weighted by Crippen LogP contribution is -2.51. The molecule has 6 heteroatoms. The van der Waals surface area contributed by atoms with Crippen molar-refractivity contribution in [3.8, 4) is 11.5 Å². The topological polar surface area (TPSA) is 67.9 Å². The van der Waals surface area contributed by atoms with Crippen molar-refractivity contribution >= 4 is 11.8 Å². The standard InChI is InChI=1S/C28H36N2O4/c1-21-11-12-24(33-2)22(17-21)18-26(31)30-15-8-14-28(20-30)13-6-3-7-16-34-25-10-5-4-9-23(25)27(32)29-19-28/h4-5,9-12,17H,3,6-8,13-16,18-20H2,1-2H3,(H,29,32). The van der Waals surface area contributed by atoms with E-state index in [-0.39, 0.29) is 17.2 Å². The SMILES string of the molecule is COc1ccc(C)cc1CC(=O)N1CCCC2(CCCCCOc3ccccc3C(=O)NC2)C1. The molecule has 0 saturated carbocycles. The Balaban J connectivity index is 1.49. The lowest BCUT2D eigenvalue weighted by Gasteiger charge is -2.43. The summed E-state index contributed by atoms with van der Waals surface area (Å²) in [4.78, 5) is 28.4. The number of benzene rings is 2. The van der Waals surface area contributed by atoms with Crippen LogP contribution in [0.4, 0.5) is 0 Å². The largest absolute Gasteiger partial charge is 0.496 e. The normalized spacial score (nSPS) is 21.5. The van der Waals surface area contributed by atoms with Crippen molar-refractivity contribution in [1.29, 1.82) is 0 Å². The number of hydrogen-bond acceptors (Lipinski definition) is 4. The second-order valence-electron chi connectivity index (χ2n) is 9.75. The number of nitrogens with zero attached hydrogens (tertiary/aromatic N) is 1. The first-order valence-electron chi connectivity index (χ1n) is 12.4. The Hall–Kier alpha value is -3.02. The van der Waals surface area contributed by atoms with E-state index in [0.717, 1.165) is 61.9 Å². The molecule has 2 aromatic rings. The highest BCUT2D eigenvalue weighted by Crippen LogP contribution is 2.36. The average molecular weight is 465 g/mol. The molecule has 182 valence electrons. The molecule has 34 heavy (non-hydrogen) atoms. The molecular weight excluding hydrogens is 428 g/mol. The predicted molar refractivity (Wildman–Crippen MR) is 132 cm³/mol. The Morgan fingerprint density at radius 2 is 1.94 bits per heavy atom. The van der Waals surface area contributed by atoms with Crippen molar-refractivity contribution in [2.45, 2.75) is 51.9 Å². The van der Waals surface area contributed by atoms with Gasteiger partial charge in [0.05, 0.1) is 25.7 Å². The van der Waals surface area contributed by atoms with Crippen LogP contribution in [-0.2, 0) is 11.2 Å². The van der Waals surface area contributed by atoms with Crippen LogP contribution < -0.4 is 14.8 Å². The van der Waals surface area contributed by atoms with E-state index in [4.69, 9.17) is 9.47 Å². The van der Waals surface area contributed by atoms with Crippen molar-refractivity contribution in [2.75, 3.05) is 33.4 Å². The molecule has 2 heterocycles. The zero-order valence-corrected chi connectivity index (χ0v) is 20.4. The number of carbonyl (C=O) groups excluding carboxylic acids is 2. The third kappa shape index (κ3) is 5.72. The van der Waals surface area contributed by atoms with Crippen molar-refractivity contribution < 1.29 is 19.1 Å². The number of piperidine rings is 1. The number of hydrogen-bond donors (Lipinski definition) is 1. The molecule has 0 aliphatic carbocycles. The molecular formula is C28H36N2O4. The smallest absolute Gasteiger partial charge is 0.255 e. The number of fused-ring (bicyclic) bond motifs is 1. The highest BCUT2D eigenvalue weighted by Gasteiger charge is 2.37. The first-order chi connectivity index (χ1) is 16.5. The average Bonchev–Trinajstić information content (AvgIpc) is 2.84. The third-order valence-corrected chi connectivity index (χ3v) is 7.16. The highest BCUT2D eigenvalue weighted by molar-refractivity contribution is 5.96. The van der Waals surface area contributed by atoms with Crippen LogP contribution >= 0.6 is 0 Å². The number of aryl methyl sites for hydroxylation is 1. The van der Waals surface area contributed by atoms with Gasteiger partial charge in [0.25, 0.3) is 5.91 Å². The fraction of sp³-hybridized carbons (Fsp3) is 0.500. The zero-order chi connectivity index (χ0) is 24.0. The molecule has 0 radical (unpaired) electrons. The summed E-state index contributed by atoms with van der Waals surface area (Å²) in [5, 5.41) is 3.18. The van der Waals surface area contributed by atoms with Gasteiger partial charge in [-0.3, -0.25) is 9.59 Å². The maximum absolute atomic E-state index is 13.3. The summed E-state index contributed by atoms with van der Waals surface area (Å²) in [5.74, 6) is 1.41. The molecule has 0 bridgehead atoms. The number of amides is 2. The Kier molecular flexibility index (Phi) is 7.76. The van der Waals surface area contributed by atoms with Crippen molar-refractivity contribution in [3.63, 3.8) is 0 Å². The van der Waals surface area contributed by atoms with Gasteiger partial charge in [0.2, 0.25) is 5.91 Å². The molecule has 2 aliphatic heterocycles. The monoisotopic (exact) mass is 464 g/mol. The van der Waals surface area contributed by atoms with Crippen LogP contribution in [0.25, 0.3) is 0 Å². The molecule has 2 amide bonds. The van der Waals surface area contributed by atoms with E-state index in [1.165, 1.54) is 0 Å². The van der Waals surface area contributed by atoms with Gasteiger partial charge >= 0.3 is 0 Å². The third-order valence-electron chi connectivity index (χ3n) is 7.16. The molecule has 2 aromatic carbocycles. The number of nitrogens with one attached hydrogen (secondary N) is 1. The number of likely N-dealkylation sites (tertiary alicyclic amines) is 1. The summed E-state index contributed by atoms with van der Waals surface area (Å²) in [6.45, 7) is 4.65. The summed E-state index contributed by atoms with van der Waals surface area (Å²) in [6, 6.07) is 13.4. The first kappa shape index (κ1) is 24.1. The van der Waals surface area contributed by atoms with Gasteiger partial charge in [-0.25, -0.2) is 0 Å². The highest BCUT2D eigenvalue weighted by atomic mass is 16.5. The lowest BCUT2D eigenvalue weighted by atomic mass is 9.75. The molecule has 0 aromatic heterocycles. The van der Waals surface area contributed by atoms with E-state index in [1.807, 2.05) is 54.3 Å². The van der Waals surface area contributed by atoms with Gasteiger partial charge in [0, 0.05) is 30.6 Å². The Labute approximate surface area is 202 Å². The lowest BCUT2D eigenvalue weighted by molar-refractivity contribution is -0.134. The number of carbonyl (C=O) groups is 2. The van der Waals surface area contributed by atoms with Gasteiger partial charge in [0.15, 0.2) is 0 Å². The quantitative estimate of drug-likeness (QED) is 0.724. The van der Waals surface area contributed by atoms with E-state index >= 15 is 0 Å². The number of ether oxygens (including phenoxy) is 2. The Morgan fingerprint density at radius 1 is 1.12 bits per heavy atom. The second-order valence-corrected chi connectivity index (χ2v) is 9.75. The van der Waals surface area contributed by atoms with E-state index in [9.17, 15) is 9.59 Å². The van der Waals surface area contributed by atoms with Gasteiger partial charge in [-0.15, -0.1) is 0 Å². The van der Waals surface area contributed by atoms with Crippen LogP contribution in [-0.4, -0.2) is 50.1 Å². The summed E-state index contributed by atoms with van der Waals surface area (Å²) >= 11 is 0. The molecule has 2 aliphatic rings. The first-order valence-corrected chi connectivity index (χ1v) is 12.4. The maximum Gasteiger partial charge on any atom is 0.255 e. The fourth-order valence-corrected chi connectivity index (χ4v) is 5.28. The maximum atomic E-state index is 13.3. The molecule has 1 N–H and O–H groups in total. The van der Waals surface area contributed by atoms with E-state index in [0.29, 0.717) is 37.4 Å². The van der Waals surface area contributed by atoms with Crippen LogP contribution in [0.3, 0.4) is 0 Å². The van der Waals surface area contributed by atoms with Gasteiger partial charge in [-0.1, -0.05) is 42.7 Å². The number of rotatable bonds is 3. The van der Waals surface area contributed by atoms with Crippen LogP contribution in [0.5, 0.6) is 11.5 Å². The van der Waals surface area contributed by atoms with Crippen LogP contribution in [0, 0.1) is 12.3 Å². The van der Waals surface area contributed by atoms with E-state index in [1.54, 1.807) is 7.11 Å². The minimum absolute atomic E-state index is 0.102. The number of para-hydroxylation sites is 1.